The Morgan fingerprint density at radius 1 is 1.56 bits per heavy atom. The Kier molecular flexibility index (Phi) is 4.04. The van der Waals surface area contributed by atoms with Crippen molar-refractivity contribution in [1.29, 1.82) is 0 Å². The van der Waals surface area contributed by atoms with Gasteiger partial charge < -0.3 is 10.4 Å². The lowest BCUT2D eigenvalue weighted by atomic mass is 10.0. The van der Waals surface area contributed by atoms with Crippen LogP contribution in [-0.2, 0) is 6.42 Å². The highest BCUT2D eigenvalue weighted by Crippen LogP contribution is 2.16. The van der Waals surface area contributed by atoms with E-state index in [1.165, 1.54) is 0 Å². The Labute approximate surface area is 112 Å². The van der Waals surface area contributed by atoms with Crippen molar-refractivity contribution in [3.63, 3.8) is 0 Å². The number of aromatic nitrogens is 2. The maximum Gasteiger partial charge on any atom is 0.193 e. The Hall–Kier alpha value is -0.910. The summed E-state index contributed by atoms with van der Waals surface area (Å²) in [7, 11) is 0. The summed E-state index contributed by atoms with van der Waals surface area (Å²) in [5, 5.41) is 15.6. The van der Waals surface area contributed by atoms with Crippen molar-refractivity contribution in [2.24, 2.45) is 5.92 Å². The molecule has 0 aliphatic heterocycles. The van der Waals surface area contributed by atoms with E-state index in [4.69, 9.17) is 0 Å². The minimum Gasteiger partial charge on any atom is -0.388 e. The molecule has 0 bridgehead atoms. The van der Waals surface area contributed by atoms with E-state index < -0.39 is 5.60 Å². The summed E-state index contributed by atoms with van der Waals surface area (Å²) in [6.45, 7) is 7.69. The quantitative estimate of drug-likeness (QED) is 0.841. The first-order valence-electron chi connectivity index (χ1n) is 6.30. The Balaban J connectivity index is 1.92. The predicted molar refractivity (Wildman–Crippen MR) is 75.1 cm³/mol. The number of hydrogen-bond acceptors (Lipinski definition) is 4. The molecule has 2 N–H and O–H groups in total. The third-order valence-corrected chi connectivity index (χ3v) is 3.53. The van der Waals surface area contributed by atoms with E-state index in [1.54, 1.807) is 11.3 Å². The second-order valence-corrected chi connectivity index (χ2v) is 6.40. The van der Waals surface area contributed by atoms with Crippen LogP contribution in [0.4, 0.5) is 0 Å². The van der Waals surface area contributed by atoms with Crippen molar-refractivity contribution in [3.05, 3.63) is 23.5 Å². The van der Waals surface area contributed by atoms with E-state index >= 15 is 0 Å². The molecule has 0 fully saturated rings. The molecule has 2 rings (SSSR count). The predicted octanol–water partition coefficient (Wildman–Crippen LogP) is 1.93. The van der Waals surface area contributed by atoms with Crippen LogP contribution >= 0.6 is 11.3 Å². The summed E-state index contributed by atoms with van der Waals surface area (Å²) in [5.41, 5.74) is 0.192. The summed E-state index contributed by atoms with van der Waals surface area (Å²) >= 11 is 1.61. The van der Waals surface area contributed by atoms with Gasteiger partial charge in [-0.2, -0.15) is 0 Å². The minimum atomic E-state index is -0.751. The Morgan fingerprint density at radius 2 is 2.33 bits per heavy atom. The van der Waals surface area contributed by atoms with Crippen LogP contribution in [0.2, 0.25) is 0 Å². The molecule has 2 aromatic rings. The Morgan fingerprint density at radius 3 is 3.00 bits per heavy atom. The smallest absolute Gasteiger partial charge is 0.193 e. The van der Waals surface area contributed by atoms with Gasteiger partial charge in [0.05, 0.1) is 11.3 Å². The zero-order valence-electron chi connectivity index (χ0n) is 11.2. The van der Waals surface area contributed by atoms with Gasteiger partial charge >= 0.3 is 0 Å². The first-order chi connectivity index (χ1) is 8.46. The summed E-state index contributed by atoms with van der Waals surface area (Å²) in [6, 6.07) is 0. The van der Waals surface area contributed by atoms with Crippen LogP contribution in [0, 0.1) is 5.92 Å². The molecule has 2 aromatic heterocycles. The van der Waals surface area contributed by atoms with Crippen molar-refractivity contribution >= 4 is 16.3 Å². The number of imidazole rings is 1. The molecule has 5 heteroatoms. The maximum atomic E-state index is 10.3. The number of fused-ring (bicyclic) bond motifs is 1. The molecule has 2 heterocycles. The number of nitrogens with zero attached hydrogens (tertiary/aromatic N) is 2. The van der Waals surface area contributed by atoms with Crippen molar-refractivity contribution in [2.45, 2.75) is 32.8 Å². The molecule has 0 radical (unpaired) electrons. The van der Waals surface area contributed by atoms with E-state index in [1.807, 2.05) is 29.1 Å². The van der Waals surface area contributed by atoms with Gasteiger partial charge in [0, 0.05) is 30.7 Å². The molecule has 18 heavy (non-hydrogen) atoms. The molecule has 100 valence electrons. The van der Waals surface area contributed by atoms with Crippen LogP contribution in [0.1, 0.15) is 26.5 Å². The molecule has 1 atom stereocenters. The lowest BCUT2D eigenvalue weighted by Crippen LogP contribution is -2.41. The lowest BCUT2D eigenvalue weighted by Gasteiger charge is -2.23. The summed E-state index contributed by atoms with van der Waals surface area (Å²) in [6.07, 6.45) is 4.55. The topological polar surface area (TPSA) is 49.6 Å². The molecule has 0 aliphatic rings. The molecule has 1 unspecified atom stereocenters. The average Bonchev–Trinajstić information content (AvgIpc) is 2.75. The molecule has 0 saturated heterocycles. The van der Waals surface area contributed by atoms with Crippen molar-refractivity contribution in [3.8, 4) is 0 Å². The van der Waals surface area contributed by atoms with Crippen LogP contribution in [0.3, 0.4) is 0 Å². The van der Waals surface area contributed by atoms with E-state index in [9.17, 15) is 5.11 Å². The van der Waals surface area contributed by atoms with E-state index in [0.29, 0.717) is 18.9 Å². The van der Waals surface area contributed by atoms with Gasteiger partial charge in [-0.25, -0.2) is 4.98 Å². The van der Waals surface area contributed by atoms with Gasteiger partial charge in [-0.3, -0.25) is 4.40 Å². The van der Waals surface area contributed by atoms with Crippen molar-refractivity contribution in [2.75, 3.05) is 13.1 Å². The highest BCUT2D eigenvalue weighted by Gasteiger charge is 2.22. The zero-order valence-corrected chi connectivity index (χ0v) is 12.0. The van der Waals surface area contributed by atoms with Crippen molar-refractivity contribution < 1.29 is 5.11 Å². The normalized spacial score (nSPS) is 15.4. The number of thiazole rings is 1. The Bertz CT molecular complexity index is 473. The van der Waals surface area contributed by atoms with Crippen LogP contribution in [0.25, 0.3) is 4.96 Å². The lowest BCUT2D eigenvalue weighted by molar-refractivity contribution is 0.0587. The van der Waals surface area contributed by atoms with E-state index in [-0.39, 0.29) is 0 Å². The van der Waals surface area contributed by atoms with Gasteiger partial charge in [0.2, 0.25) is 0 Å². The molecule has 4 nitrogen and oxygen atoms in total. The molecule has 0 aromatic carbocycles. The number of hydrogen-bond donors (Lipinski definition) is 2. The van der Waals surface area contributed by atoms with Gasteiger partial charge in [0.1, 0.15) is 0 Å². The largest absolute Gasteiger partial charge is 0.388 e. The van der Waals surface area contributed by atoms with Gasteiger partial charge in [-0.15, -0.1) is 11.3 Å². The fourth-order valence-corrected chi connectivity index (χ4v) is 2.66. The highest BCUT2D eigenvalue weighted by molar-refractivity contribution is 7.15. The fraction of sp³-hybridized carbons (Fsp3) is 0.615. The minimum absolute atomic E-state index is 0.576. The molecular weight excluding hydrogens is 246 g/mol. The van der Waals surface area contributed by atoms with Crippen LogP contribution in [-0.4, -0.2) is 33.2 Å². The first-order valence-corrected chi connectivity index (χ1v) is 7.18. The third kappa shape index (κ3) is 3.54. The fourth-order valence-electron chi connectivity index (χ4n) is 1.94. The van der Waals surface area contributed by atoms with Gasteiger partial charge in [0.15, 0.2) is 4.96 Å². The van der Waals surface area contributed by atoms with Crippen LogP contribution in [0.15, 0.2) is 17.8 Å². The molecule has 0 aliphatic carbocycles. The standard InChI is InChI=1S/C13H21N3OS/c1-10(2)7-14-9-13(3,17)6-11-8-16-4-5-18-12(16)15-11/h4-5,8,10,14,17H,6-7,9H2,1-3H3. The highest BCUT2D eigenvalue weighted by atomic mass is 32.1. The van der Waals surface area contributed by atoms with Gasteiger partial charge in [0.25, 0.3) is 0 Å². The first kappa shape index (κ1) is 13.5. The van der Waals surface area contributed by atoms with E-state index in [2.05, 4.69) is 24.1 Å². The third-order valence-electron chi connectivity index (χ3n) is 2.76. The zero-order chi connectivity index (χ0) is 13.2. The number of aliphatic hydroxyl groups is 1. The summed E-state index contributed by atoms with van der Waals surface area (Å²) in [5.74, 6) is 0.596. The van der Waals surface area contributed by atoms with Crippen LogP contribution < -0.4 is 5.32 Å². The van der Waals surface area contributed by atoms with Crippen molar-refractivity contribution in [1.82, 2.24) is 14.7 Å². The molecular formula is C13H21N3OS. The average molecular weight is 267 g/mol. The molecule has 0 spiro atoms. The number of rotatable bonds is 6. The van der Waals surface area contributed by atoms with E-state index in [0.717, 1.165) is 17.2 Å². The molecule has 0 saturated carbocycles. The molecule has 0 amide bonds. The van der Waals surface area contributed by atoms with Crippen LogP contribution in [0.5, 0.6) is 0 Å². The van der Waals surface area contributed by atoms with Gasteiger partial charge in [-0.1, -0.05) is 13.8 Å². The second-order valence-electron chi connectivity index (χ2n) is 5.52. The summed E-state index contributed by atoms with van der Waals surface area (Å²) < 4.78 is 2.00. The number of nitrogens with one attached hydrogen (secondary N) is 1. The maximum absolute atomic E-state index is 10.3. The SMILES string of the molecule is CC(C)CNCC(C)(O)Cc1cn2ccsc2n1. The van der Waals surface area contributed by atoms with Gasteiger partial charge in [-0.05, 0) is 19.4 Å². The summed E-state index contributed by atoms with van der Waals surface area (Å²) in [4.78, 5) is 5.48. The monoisotopic (exact) mass is 267 g/mol. The second kappa shape index (κ2) is 5.38.